The number of nitrogens with zero attached hydrogens (tertiary/aromatic N) is 4. The maximum atomic E-state index is 5.30. The van der Waals surface area contributed by atoms with E-state index in [9.17, 15) is 0 Å². The Kier molecular flexibility index (Phi) is 16.3. The second-order valence-corrected chi connectivity index (χ2v) is 8.54. The van der Waals surface area contributed by atoms with Crippen molar-refractivity contribution in [3.63, 3.8) is 0 Å². The van der Waals surface area contributed by atoms with Crippen molar-refractivity contribution in [1.29, 1.82) is 0 Å². The molecule has 0 saturated heterocycles. The van der Waals surface area contributed by atoms with Crippen molar-refractivity contribution in [3.8, 4) is 0 Å². The molecule has 0 bridgehead atoms. The van der Waals surface area contributed by atoms with Crippen molar-refractivity contribution in [2.24, 2.45) is 10.3 Å². The third kappa shape index (κ3) is 17.6. The van der Waals surface area contributed by atoms with Gasteiger partial charge in [-0.25, -0.2) is 0 Å². The molecule has 0 unspecified atom stereocenters. The van der Waals surface area contributed by atoms with Gasteiger partial charge in [0.2, 0.25) is 0 Å². The van der Waals surface area contributed by atoms with Crippen LogP contribution < -0.4 is 48.0 Å². The van der Waals surface area contributed by atoms with Gasteiger partial charge in [-0.15, -0.1) is 0 Å². The van der Waals surface area contributed by atoms with Gasteiger partial charge in [0.05, 0.1) is 67.8 Å². The fourth-order valence-corrected chi connectivity index (χ4v) is 2.18. The lowest BCUT2D eigenvalue weighted by Gasteiger charge is -2.23. The predicted molar refractivity (Wildman–Crippen MR) is 109 cm³/mol. The summed E-state index contributed by atoms with van der Waals surface area (Å²) in [5.41, 5.74) is 2.00. The molecule has 162 valence electrons. The molecule has 0 spiro atoms. The fourth-order valence-electron chi connectivity index (χ4n) is 2.18. The monoisotopic (exact) mass is 618 g/mol. The topological polar surface area (TPSA) is 43.2 Å². The summed E-state index contributed by atoms with van der Waals surface area (Å²) in [6.45, 7) is 3.42. The Bertz CT molecular complexity index is 514. The fraction of sp³-hybridized carbons (Fsp3) is 0.600. The van der Waals surface area contributed by atoms with E-state index in [4.69, 9.17) is 9.68 Å². The van der Waals surface area contributed by atoms with Crippen LogP contribution in [0.15, 0.2) is 34.6 Å². The Morgan fingerprint density at radius 2 is 1.00 bits per heavy atom. The summed E-state index contributed by atoms with van der Waals surface area (Å²) in [5.74, 6) is 0. The average molecular weight is 618 g/mol. The van der Waals surface area contributed by atoms with Crippen molar-refractivity contribution in [1.82, 2.24) is 0 Å². The summed E-state index contributed by atoms with van der Waals surface area (Å²) in [5, 5.41) is 8.03. The molecule has 0 atom stereocenters. The molecule has 8 heteroatoms. The van der Waals surface area contributed by atoms with Crippen molar-refractivity contribution in [3.05, 3.63) is 35.4 Å². The third-order valence-electron chi connectivity index (χ3n) is 3.62. The van der Waals surface area contributed by atoms with E-state index in [0.717, 1.165) is 46.0 Å². The van der Waals surface area contributed by atoms with Gasteiger partial charge in [-0.3, -0.25) is 0 Å². The molecule has 0 heterocycles. The van der Waals surface area contributed by atoms with Crippen LogP contribution in [0, 0.1) is 0 Å². The first-order valence-electron chi connectivity index (χ1n) is 9.17. The molecule has 0 aromatic heterocycles. The lowest BCUT2D eigenvalue weighted by molar-refractivity contribution is -0.870. The van der Waals surface area contributed by atoms with Crippen LogP contribution in [-0.2, 0) is 9.68 Å². The molecule has 0 radical (unpaired) electrons. The molecule has 0 aliphatic heterocycles. The lowest BCUT2D eigenvalue weighted by Crippen LogP contribution is -3.00. The number of hydrogen-bond acceptors (Lipinski definition) is 4. The molecule has 1 rings (SSSR count). The Morgan fingerprint density at radius 1 is 0.679 bits per heavy atom. The summed E-state index contributed by atoms with van der Waals surface area (Å²) >= 11 is 0. The van der Waals surface area contributed by atoms with Gasteiger partial charge < -0.3 is 66.6 Å². The van der Waals surface area contributed by atoms with E-state index in [-0.39, 0.29) is 48.0 Å². The van der Waals surface area contributed by atoms with Gasteiger partial charge in [-0.1, -0.05) is 34.6 Å². The van der Waals surface area contributed by atoms with E-state index >= 15 is 0 Å². The molecular formula is C20H36I2N4O2. The highest BCUT2D eigenvalue weighted by molar-refractivity contribution is 5.83. The highest BCUT2D eigenvalue weighted by Gasteiger charge is 2.06. The van der Waals surface area contributed by atoms with Gasteiger partial charge in [0.1, 0.15) is 13.2 Å². The number of hydrogen-bond donors (Lipinski definition) is 0. The molecule has 0 fully saturated rings. The van der Waals surface area contributed by atoms with Crippen molar-refractivity contribution < 1.29 is 66.6 Å². The summed E-state index contributed by atoms with van der Waals surface area (Å²) in [4.78, 5) is 10.6. The Labute approximate surface area is 205 Å². The minimum absolute atomic E-state index is 0. The van der Waals surface area contributed by atoms with Crippen LogP contribution in [0.2, 0.25) is 0 Å². The first kappa shape index (κ1) is 29.7. The Balaban J connectivity index is 0. The van der Waals surface area contributed by atoms with Crippen molar-refractivity contribution >= 4 is 12.4 Å². The number of quaternary nitrogens is 2. The van der Waals surface area contributed by atoms with E-state index in [1.54, 1.807) is 12.4 Å². The van der Waals surface area contributed by atoms with Crippen LogP contribution in [0.25, 0.3) is 0 Å². The van der Waals surface area contributed by atoms with Gasteiger partial charge in [0.15, 0.2) is 0 Å². The molecule has 0 saturated carbocycles. The van der Waals surface area contributed by atoms with Crippen LogP contribution in [0.5, 0.6) is 0 Å². The molecule has 1 aromatic rings. The Morgan fingerprint density at radius 3 is 1.29 bits per heavy atom. The van der Waals surface area contributed by atoms with Gasteiger partial charge in [-0.05, 0) is 11.1 Å². The van der Waals surface area contributed by atoms with Crippen LogP contribution in [0.1, 0.15) is 24.0 Å². The number of halogens is 2. The summed E-state index contributed by atoms with van der Waals surface area (Å²) in [6, 6.07) is 7.93. The van der Waals surface area contributed by atoms with Crippen LogP contribution >= 0.6 is 0 Å². The summed E-state index contributed by atoms with van der Waals surface area (Å²) in [7, 11) is 13.0. The van der Waals surface area contributed by atoms with Crippen molar-refractivity contribution in [2.45, 2.75) is 12.8 Å². The van der Waals surface area contributed by atoms with E-state index in [2.05, 4.69) is 52.6 Å². The first-order chi connectivity index (χ1) is 12.2. The van der Waals surface area contributed by atoms with E-state index in [0.29, 0.717) is 13.2 Å². The van der Waals surface area contributed by atoms with Crippen LogP contribution in [0.4, 0.5) is 0 Å². The molecule has 1 aromatic carbocycles. The maximum Gasteiger partial charge on any atom is 0.122 e. The maximum absolute atomic E-state index is 5.30. The summed E-state index contributed by atoms with van der Waals surface area (Å²) in [6.07, 6.45) is 5.44. The highest BCUT2D eigenvalue weighted by atomic mass is 127. The van der Waals surface area contributed by atoms with Gasteiger partial charge in [0.25, 0.3) is 0 Å². The standard InChI is InChI=1S/C20H36N4O2.2HI/c1-23(2,3)13-7-15-25-21-17-19-9-11-20(12-10-19)18-22-26-16-8-14-24(4,5)6;;/h9-12,17-18H,7-8,13-16H2,1-6H3;2*1H/q+2;;/p-2/b21-17+,22-18+;;. The van der Waals surface area contributed by atoms with Gasteiger partial charge in [-0.2, -0.15) is 0 Å². The van der Waals surface area contributed by atoms with Gasteiger partial charge >= 0.3 is 0 Å². The average Bonchev–Trinajstić information content (AvgIpc) is 2.53. The largest absolute Gasteiger partial charge is 1.00 e. The van der Waals surface area contributed by atoms with E-state index in [1.165, 1.54) is 0 Å². The third-order valence-corrected chi connectivity index (χ3v) is 3.62. The molecule has 0 aliphatic rings. The van der Waals surface area contributed by atoms with Crippen LogP contribution in [-0.4, -0.2) is 90.0 Å². The molecule has 28 heavy (non-hydrogen) atoms. The minimum Gasteiger partial charge on any atom is -1.00 e. The quantitative estimate of drug-likeness (QED) is 0.0807. The smallest absolute Gasteiger partial charge is 0.122 e. The second-order valence-electron chi connectivity index (χ2n) is 8.54. The number of rotatable bonds is 12. The zero-order valence-corrected chi connectivity index (χ0v) is 22.4. The normalized spacial score (nSPS) is 11.9. The zero-order chi connectivity index (χ0) is 19.5. The van der Waals surface area contributed by atoms with E-state index < -0.39 is 0 Å². The minimum atomic E-state index is 0. The molecule has 0 amide bonds. The first-order valence-corrected chi connectivity index (χ1v) is 9.17. The molecular weight excluding hydrogens is 582 g/mol. The molecule has 0 aliphatic carbocycles. The lowest BCUT2D eigenvalue weighted by atomic mass is 10.2. The van der Waals surface area contributed by atoms with Gasteiger partial charge in [0, 0.05) is 12.8 Å². The van der Waals surface area contributed by atoms with Crippen molar-refractivity contribution in [2.75, 3.05) is 68.6 Å². The second kappa shape index (κ2) is 15.4. The number of oxime groups is 2. The van der Waals surface area contributed by atoms with E-state index in [1.807, 2.05) is 24.3 Å². The SMILES string of the molecule is C[N+](C)(C)CCCO/N=C/c1ccc(/C=N/OCCC[N+](C)(C)C)cc1.[I-].[I-]. The highest BCUT2D eigenvalue weighted by Crippen LogP contribution is 2.01. The Hall–Kier alpha value is -0.460. The molecule has 0 N–H and O–H groups in total. The number of benzene rings is 1. The van der Waals surface area contributed by atoms with Crippen LogP contribution in [0.3, 0.4) is 0 Å². The zero-order valence-electron chi connectivity index (χ0n) is 18.1. The summed E-state index contributed by atoms with van der Waals surface area (Å²) < 4.78 is 1.88. The predicted octanol–water partition coefficient (Wildman–Crippen LogP) is -3.41. The molecule has 6 nitrogen and oxygen atoms in total.